The summed E-state index contributed by atoms with van der Waals surface area (Å²) in [5, 5.41) is 11.8. The van der Waals surface area contributed by atoms with Gasteiger partial charge in [0.25, 0.3) is 5.91 Å². The number of carbonyl (C=O) groups is 3. The highest BCUT2D eigenvalue weighted by atomic mass is 79.9. The van der Waals surface area contributed by atoms with Crippen molar-refractivity contribution in [3.8, 4) is 5.75 Å². The van der Waals surface area contributed by atoms with E-state index >= 15 is 0 Å². The zero-order valence-electron chi connectivity index (χ0n) is 14.4. The van der Waals surface area contributed by atoms with Gasteiger partial charge in [0.1, 0.15) is 5.75 Å². The van der Waals surface area contributed by atoms with Crippen LogP contribution in [0, 0.1) is 0 Å². The Morgan fingerprint density at radius 1 is 0.821 bits per heavy atom. The summed E-state index contributed by atoms with van der Waals surface area (Å²) in [6.45, 7) is 0. The number of aromatic carboxylic acids is 1. The van der Waals surface area contributed by atoms with Crippen LogP contribution >= 0.6 is 15.9 Å². The molecule has 0 aliphatic carbocycles. The van der Waals surface area contributed by atoms with E-state index in [0.29, 0.717) is 17.0 Å². The number of ether oxygens (including phenoxy) is 1. The second-order valence-electron chi connectivity index (χ2n) is 5.73. The summed E-state index contributed by atoms with van der Waals surface area (Å²) in [7, 11) is 0. The Morgan fingerprint density at radius 2 is 1.43 bits per heavy atom. The first-order chi connectivity index (χ1) is 13.4. The Kier molecular flexibility index (Phi) is 5.86. The number of hydrogen-bond acceptors (Lipinski definition) is 4. The fourth-order valence-corrected chi connectivity index (χ4v) is 2.69. The fourth-order valence-electron chi connectivity index (χ4n) is 2.42. The van der Waals surface area contributed by atoms with E-state index < -0.39 is 17.8 Å². The minimum absolute atomic E-state index is 0.0562. The first-order valence-corrected chi connectivity index (χ1v) is 8.95. The molecule has 0 aliphatic rings. The number of benzene rings is 3. The number of rotatable bonds is 5. The molecule has 0 saturated carbocycles. The SMILES string of the molecule is O=C(Oc1ccc(NC(=O)c2ccccc2C(=O)O)cc1)c1ccc(Br)cc1. The third-order valence-corrected chi connectivity index (χ3v) is 4.33. The summed E-state index contributed by atoms with van der Waals surface area (Å²) in [6, 6.07) is 18.9. The summed E-state index contributed by atoms with van der Waals surface area (Å²) in [6.07, 6.45) is 0. The van der Waals surface area contributed by atoms with Crippen LogP contribution in [0.25, 0.3) is 0 Å². The number of carboxylic acids is 1. The van der Waals surface area contributed by atoms with Crippen LogP contribution in [0.1, 0.15) is 31.1 Å². The largest absolute Gasteiger partial charge is 0.478 e. The Morgan fingerprint density at radius 3 is 2.04 bits per heavy atom. The lowest BCUT2D eigenvalue weighted by Crippen LogP contribution is -2.16. The number of carbonyl (C=O) groups excluding carboxylic acids is 2. The van der Waals surface area contributed by atoms with Gasteiger partial charge in [-0.2, -0.15) is 0 Å². The predicted octanol–water partition coefficient (Wildman–Crippen LogP) is 4.62. The first kappa shape index (κ1) is 19.3. The minimum Gasteiger partial charge on any atom is -0.478 e. The van der Waals surface area contributed by atoms with Gasteiger partial charge in [-0.15, -0.1) is 0 Å². The second-order valence-corrected chi connectivity index (χ2v) is 6.64. The van der Waals surface area contributed by atoms with Gasteiger partial charge in [0.2, 0.25) is 0 Å². The van der Waals surface area contributed by atoms with E-state index in [-0.39, 0.29) is 11.1 Å². The topological polar surface area (TPSA) is 92.7 Å². The molecule has 3 aromatic carbocycles. The highest BCUT2D eigenvalue weighted by molar-refractivity contribution is 9.10. The van der Waals surface area contributed by atoms with Gasteiger partial charge >= 0.3 is 11.9 Å². The number of carboxylic acid groups (broad SMARTS) is 1. The normalized spacial score (nSPS) is 10.2. The maximum absolute atomic E-state index is 12.4. The molecule has 0 unspecified atom stereocenters. The maximum Gasteiger partial charge on any atom is 0.343 e. The molecule has 2 N–H and O–H groups in total. The first-order valence-electron chi connectivity index (χ1n) is 8.15. The molecule has 0 fully saturated rings. The van der Waals surface area contributed by atoms with Crippen LogP contribution in [0.2, 0.25) is 0 Å². The van der Waals surface area contributed by atoms with E-state index in [1.165, 1.54) is 24.3 Å². The van der Waals surface area contributed by atoms with Gasteiger partial charge in [-0.1, -0.05) is 28.1 Å². The van der Waals surface area contributed by atoms with Gasteiger partial charge in [-0.05, 0) is 60.7 Å². The standard InChI is InChI=1S/C21H14BrNO5/c22-14-7-5-13(6-8-14)21(27)28-16-11-9-15(10-12-16)23-19(24)17-3-1-2-4-18(17)20(25)26/h1-12H,(H,23,24)(H,25,26). The van der Waals surface area contributed by atoms with Gasteiger partial charge in [0.15, 0.2) is 0 Å². The quantitative estimate of drug-likeness (QED) is 0.446. The number of halogens is 1. The zero-order valence-corrected chi connectivity index (χ0v) is 16.0. The van der Waals surface area contributed by atoms with Crippen molar-refractivity contribution < 1.29 is 24.2 Å². The lowest BCUT2D eigenvalue weighted by molar-refractivity contribution is 0.0690. The Balaban J connectivity index is 1.68. The molecule has 6 nitrogen and oxygen atoms in total. The lowest BCUT2D eigenvalue weighted by atomic mass is 10.1. The van der Waals surface area contributed by atoms with Gasteiger partial charge in [-0.25, -0.2) is 9.59 Å². The smallest absolute Gasteiger partial charge is 0.343 e. The molecule has 0 aliphatic heterocycles. The third kappa shape index (κ3) is 4.63. The molecule has 0 spiro atoms. The molecule has 0 aromatic heterocycles. The van der Waals surface area contributed by atoms with Crippen molar-refractivity contribution in [2.24, 2.45) is 0 Å². The Labute approximate surface area is 168 Å². The molecular formula is C21H14BrNO5. The van der Waals surface area contributed by atoms with Crippen LogP contribution in [0.3, 0.4) is 0 Å². The molecule has 0 atom stereocenters. The van der Waals surface area contributed by atoms with Crippen LogP contribution in [0.15, 0.2) is 77.3 Å². The third-order valence-electron chi connectivity index (χ3n) is 3.80. The van der Waals surface area contributed by atoms with Crippen LogP contribution in [-0.2, 0) is 0 Å². The molecule has 0 bridgehead atoms. The highest BCUT2D eigenvalue weighted by Crippen LogP contribution is 2.19. The molecule has 0 heterocycles. The summed E-state index contributed by atoms with van der Waals surface area (Å²) in [5.41, 5.74) is 0.820. The Bertz CT molecular complexity index is 1030. The molecule has 28 heavy (non-hydrogen) atoms. The molecule has 140 valence electrons. The average molecular weight is 440 g/mol. The number of nitrogens with one attached hydrogen (secondary N) is 1. The van der Waals surface area contributed by atoms with Gasteiger partial charge in [-0.3, -0.25) is 4.79 Å². The summed E-state index contributed by atoms with van der Waals surface area (Å²) in [4.78, 5) is 35.7. The van der Waals surface area contributed by atoms with Crippen molar-refractivity contribution in [1.82, 2.24) is 0 Å². The summed E-state index contributed by atoms with van der Waals surface area (Å²) in [5.74, 6) is -1.91. The monoisotopic (exact) mass is 439 g/mol. The van der Waals surface area contributed by atoms with E-state index in [1.54, 1.807) is 48.5 Å². The van der Waals surface area contributed by atoms with Crippen LogP contribution in [-0.4, -0.2) is 23.0 Å². The molecule has 3 rings (SSSR count). The van der Waals surface area contributed by atoms with Crippen LogP contribution in [0.4, 0.5) is 5.69 Å². The second kappa shape index (κ2) is 8.49. The van der Waals surface area contributed by atoms with Crippen molar-refractivity contribution in [1.29, 1.82) is 0 Å². The highest BCUT2D eigenvalue weighted by Gasteiger charge is 2.16. The van der Waals surface area contributed by atoms with Crippen molar-refractivity contribution in [3.05, 3.63) is 94.0 Å². The number of anilines is 1. The molecule has 0 saturated heterocycles. The zero-order chi connectivity index (χ0) is 20.1. The molecular weight excluding hydrogens is 426 g/mol. The predicted molar refractivity (Wildman–Crippen MR) is 107 cm³/mol. The molecule has 1 amide bonds. The van der Waals surface area contributed by atoms with Crippen LogP contribution < -0.4 is 10.1 Å². The van der Waals surface area contributed by atoms with Crippen molar-refractivity contribution in [2.75, 3.05) is 5.32 Å². The van der Waals surface area contributed by atoms with E-state index in [4.69, 9.17) is 4.74 Å². The van der Waals surface area contributed by atoms with Gasteiger partial charge < -0.3 is 15.2 Å². The molecule has 0 radical (unpaired) electrons. The van der Waals surface area contributed by atoms with Crippen molar-refractivity contribution >= 4 is 39.5 Å². The van der Waals surface area contributed by atoms with Crippen LogP contribution in [0.5, 0.6) is 5.75 Å². The van der Waals surface area contributed by atoms with E-state index in [2.05, 4.69) is 21.2 Å². The van der Waals surface area contributed by atoms with Gasteiger partial charge in [0, 0.05) is 10.2 Å². The van der Waals surface area contributed by atoms with Gasteiger partial charge in [0.05, 0.1) is 16.7 Å². The van der Waals surface area contributed by atoms with E-state index in [0.717, 1.165) is 4.47 Å². The van der Waals surface area contributed by atoms with E-state index in [9.17, 15) is 19.5 Å². The molecule has 3 aromatic rings. The lowest BCUT2D eigenvalue weighted by Gasteiger charge is -2.09. The number of hydrogen-bond donors (Lipinski definition) is 2. The molecule has 7 heteroatoms. The summed E-state index contributed by atoms with van der Waals surface area (Å²) < 4.78 is 6.15. The Hall–Kier alpha value is -3.45. The maximum atomic E-state index is 12.4. The fraction of sp³-hybridized carbons (Fsp3) is 0. The number of esters is 1. The summed E-state index contributed by atoms with van der Waals surface area (Å²) >= 11 is 3.30. The van der Waals surface area contributed by atoms with E-state index in [1.807, 2.05) is 0 Å². The van der Waals surface area contributed by atoms with Crippen molar-refractivity contribution in [2.45, 2.75) is 0 Å². The average Bonchev–Trinajstić information content (AvgIpc) is 2.70. The number of amides is 1. The van der Waals surface area contributed by atoms with Crippen molar-refractivity contribution in [3.63, 3.8) is 0 Å². The minimum atomic E-state index is -1.18.